The first-order chi connectivity index (χ1) is 14.7. The number of nitrogens with one attached hydrogen (secondary N) is 3. The Bertz CT molecular complexity index is 1010. The maximum atomic E-state index is 12.4. The molecule has 1 aliphatic heterocycles. The average Bonchev–Trinajstić information content (AvgIpc) is 3.36. The molecule has 158 valence electrons. The molecule has 0 amide bonds. The van der Waals surface area contributed by atoms with E-state index in [1.807, 2.05) is 43.4 Å². The molecule has 1 aliphatic rings. The van der Waals surface area contributed by atoms with Crippen LogP contribution in [0.2, 0.25) is 0 Å². The van der Waals surface area contributed by atoms with E-state index in [4.69, 9.17) is 13.9 Å². The van der Waals surface area contributed by atoms with Crippen molar-refractivity contribution in [3.63, 3.8) is 0 Å². The number of ether oxygens (including phenoxy) is 2. The van der Waals surface area contributed by atoms with Gasteiger partial charge in [-0.2, -0.15) is 11.8 Å². The monoisotopic (exact) mass is 428 g/mol. The van der Waals surface area contributed by atoms with Gasteiger partial charge in [-0.25, -0.2) is 4.98 Å². The Hall–Kier alpha value is -2.91. The summed E-state index contributed by atoms with van der Waals surface area (Å²) in [6.45, 7) is 1.41. The molecule has 0 fully saturated rings. The van der Waals surface area contributed by atoms with Crippen LogP contribution in [-0.2, 0) is 18.7 Å². The molecule has 4 rings (SSSR count). The Morgan fingerprint density at radius 1 is 1.13 bits per heavy atom. The highest BCUT2D eigenvalue weighted by Crippen LogP contribution is 2.34. The van der Waals surface area contributed by atoms with Crippen LogP contribution in [0.3, 0.4) is 0 Å². The molecule has 0 spiro atoms. The van der Waals surface area contributed by atoms with Crippen LogP contribution in [0.5, 0.6) is 11.5 Å². The van der Waals surface area contributed by atoms with Crippen molar-refractivity contribution in [2.24, 2.45) is 0 Å². The Labute approximate surface area is 178 Å². The van der Waals surface area contributed by atoms with Gasteiger partial charge in [0.15, 0.2) is 11.5 Å². The maximum Gasteiger partial charge on any atom is 0.255 e. The number of furan rings is 1. The third kappa shape index (κ3) is 5.17. The summed E-state index contributed by atoms with van der Waals surface area (Å²) in [5, 5.41) is 6.21. The first kappa shape index (κ1) is 20.4. The zero-order chi connectivity index (χ0) is 20.8. The molecule has 3 aromatic rings. The molecule has 2 aromatic heterocycles. The third-order valence-electron chi connectivity index (χ3n) is 4.48. The molecule has 9 heteroatoms. The minimum absolute atomic E-state index is 0.198. The van der Waals surface area contributed by atoms with Crippen molar-refractivity contribution in [3.8, 4) is 11.5 Å². The van der Waals surface area contributed by atoms with E-state index in [2.05, 4.69) is 20.6 Å². The lowest BCUT2D eigenvalue weighted by molar-refractivity contribution is 0.0499. The quantitative estimate of drug-likeness (QED) is 0.424. The second-order valence-electron chi connectivity index (χ2n) is 6.78. The van der Waals surface area contributed by atoms with Gasteiger partial charge < -0.3 is 24.5 Å². The highest BCUT2D eigenvalue weighted by Gasteiger charge is 2.24. The minimum atomic E-state index is -0.518. The average molecular weight is 429 g/mol. The van der Waals surface area contributed by atoms with E-state index in [9.17, 15) is 4.79 Å². The van der Waals surface area contributed by atoms with Crippen LogP contribution in [0.4, 0.5) is 5.95 Å². The highest BCUT2D eigenvalue weighted by molar-refractivity contribution is 7.98. The van der Waals surface area contributed by atoms with Gasteiger partial charge in [-0.1, -0.05) is 12.1 Å². The predicted octanol–water partition coefficient (Wildman–Crippen LogP) is 2.77. The summed E-state index contributed by atoms with van der Waals surface area (Å²) >= 11 is 1.75. The first-order valence-corrected chi connectivity index (χ1v) is 10.9. The second kappa shape index (κ2) is 9.73. The Kier molecular flexibility index (Phi) is 6.60. The molecular weight excluding hydrogens is 404 g/mol. The molecule has 0 radical (unpaired) electrons. The number of fused-ring (bicyclic) bond motifs is 1. The van der Waals surface area contributed by atoms with E-state index in [1.54, 1.807) is 18.0 Å². The van der Waals surface area contributed by atoms with Gasteiger partial charge in [0.05, 0.1) is 18.7 Å². The molecule has 30 heavy (non-hydrogen) atoms. The van der Waals surface area contributed by atoms with Gasteiger partial charge in [-0.3, -0.25) is 9.78 Å². The SMILES string of the molecule is CNCc1ccc(CSCCNc2ncc(CC3Oc4ccccc4O3)c(=O)[nH]2)o1. The first-order valence-electron chi connectivity index (χ1n) is 9.75. The largest absolute Gasteiger partial charge is 0.464 e. The molecule has 3 N–H and O–H groups in total. The molecule has 0 saturated carbocycles. The zero-order valence-corrected chi connectivity index (χ0v) is 17.5. The van der Waals surface area contributed by atoms with Crippen molar-refractivity contribution in [1.82, 2.24) is 15.3 Å². The fraction of sp³-hybridized carbons (Fsp3) is 0.333. The number of anilines is 1. The number of hydrogen-bond acceptors (Lipinski definition) is 8. The molecule has 0 saturated heterocycles. The Morgan fingerprint density at radius 2 is 1.90 bits per heavy atom. The molecule has 8 nitrogen and oxygen atoms in total. The number of benzene rings is 1. The lowest BCUT2D eigenvalue weighted by atomic mass is 10.2. The van der Waals surface area contributed by atoms with E-state index in [1.165, 1.54) is 0 Å². The van der Waals surface area contributed by atoms with Crippen LogP contribution in [0.25, 0.3) is 0 Å². The fourth-order valence-corrected chi connectivity index (χ4v) is 3.80. The van der Waals surface area contributed by atoms with Crippen LogP contribution in [0.15, 0.2) is 51.8 Å². The van der Waals surface area contributed by atoms with Gasteiger partial charge in [0, 0.05) is 24.1 Å². The van der Waals surface area contributed by atoms with E-state index >= 15 is 0 Å². The van der Waals surface area contributed by atoms with Gasteiger partial charge in [0.2, 0.25) is 12.2 Å². The van der Waals surface area contributed by atoms with E-state index < -0.39 is 6.29 Å². The molecule has 0 bridgehead atoms. The number of hydrogen-bond donors (Lipinski definition) is 3. The number of H-pyrrole nitrogens is 1. The van der Waals surface area contributed by atoms with Crippen molar-refractivity contribution in [2.75, 3.05) is 24.7 Å². The summed E-state index contributed by atoms with van der Waals surface area (Å²) < 4.78 is 17.1. The summed E-state index contributed by atoms with van der Waals surface area (Å²) in [5.41, 5.74) is 0.318. The molecule has 0 atom stereocenters. The van der Waals surface area contributed by atoms with Crippen molar-refractivity contribution in [2.45, 2.75) is 25.0 Å². The van der Waals surface area contributed by atoms with Gasteiger partial charge >= 0.3 is 0 Å². The van der Waals surface area contributed by atoms with Gasteiger partial charge in [0.25, 0.3) is 5.56 Å². The van der Waals surface area contributed by atoms with Crippen LogP contribution in [0, 0.1) is 0 Å². The number of nitrogens with zero attached hydrogens (tertiary/aromatic N) is 1. The summed E-state index contributed by atoms with van der Waals surface area (Å²) in [5.74, 6) is 5.39. The number of para-hydroxylation sites is 2. The highest BCUT2D eigenvalue weighted by atomic mass is 32.2. The standard InChI is InChI=1S/C21H24N4O4S/c1-22-12-15-6-7-16(27-15)13-30-9-8-23-21-24-11-14(20(26)25-21)10-19-28-17-4-2-3-5-18(17)29-19/h2-7,11,19,22H,8-10,12-13H2,1H3,(H2,23,24,25,26). The van der Waals surface area contributed by atoms with Crippen molar-refractivity contribution in [1.29, 1.82) is 0 Å². The van der Waals surface area contributed by atoms with Gasteiger partial charge in [-0.15, -0.1) is 0 Å². The van der Waals surface area contributed by atoms with Crippen molar-refractivity contribution < 1.29 is 13.9 Å². The summed E-state index contributed by atoms with van der Waals surface area (Å²) in [6, 6.07) is 11.4. The molecule has 1 aromatic carbocycles. The predicted molar refractivity (Wildman–Crippen MR) is 116 cm³/mol. The summed E-state index contributed by atoms with van der Waals surface area (Å²) in [4.78, 5) is 19.4. The number of rotatable bonds is 10. The number of aromatic amines is 1. The number of aromatic nitrogens is 2. The molecule has 3 heterocycles. The molecule has 0 unspecified atom stereocenters. The van der Waals surface area contributed by atoms with Crippen LogP contribution >= 0.6 is 11.8 Å². The molecule has 0 aliphatic carbocycles. The second-order valence-corrected chi connectivity index (χ2v) is 7.89. The number of thioether (sulfide) groups is 1. The smallest absolute Gasteiger partial charge is 0.255 e. The van der Waals surface area contributed by atoms with Crippen LogP contribution < -0.4 is 25.7 Å². The molecular formula is C21H24N4O4S. The minimum Gasteiger partial charge on any atom is -0.464 e. The normalized spacial score (nSPS) is 13.0. The fourth-order valence-electron chi connectivity index (χ4n) is 3.05. The van der Waals surface area contributed by atoms with E-state index in [0.717, 1.165) is 29.6 Å². The van der Waals surface area contributed by atoms with Crippen LogP contribution in [-0.4, -0.2) is 35.6 Å². The Balaban J connectivity index is 1.20. The van der Waals surface area contributed by atoms with Crippen LogP contribution in [0.1, 0.15) is 17.1 Å². The van der Waals surface area contributed by atoms with Gasteiger partial charge in [0.1, 0.15) is 11.5 Å². The lowest BCUT2D eigenvalue weighted by Gasteiger charge is -2.10. The van der Waals surface area contributed by atoms with Crippen molar-refractivity contribution >= 4 is 17.7 Å². The summed E-state index contributed by atoms with van der Waals surface area (Å²) in [7, 11) is 1.89. The summed E-state index contributed by atoms with van der Waals surface area (Å²) in [6.07, 6.45) is 1.37. The van der Waals surface area contributed by atoms with Crippen molar-refractivity contribution in [3.05, 3.63) is 70.0 Å². The lowest BCUT2D eigenvalue weighted by Crippen LogP contribution is -2.26. The third-order valence-corrected chi connectivity index (χ3v) is 5.46. The van der Waals surface area contributed by atoms with Gasteiger partial charge in [-0.05, 0) is 31.3 Å². The van der Waals surface area contributed by atoms with E-state index in [-0.39, 0.29) is 5.56 Å². The van der Waals surface area contributed by atoms with E-state index in [0.29, 0.717) is 36.0 Å². The topological polar surface area (TPSA) is 101 Å². The maximum absolute atomic E-state index is 12.4. The zero-order valence-electron chi connectivity index (χ0n) is 16.6. The Morgan fingerprint density at radius 3 is 2.63 bits per heavy atom.